The molecule has 172 valence electrons. The van der Waals surface area contributed by atoms with Gasteiger partial charge in [0.1, 0.15) is 17.4 Å². The molecule has 32 heavy (non-hydrogen) atoms. The molecule has 0 aromatic carbocycles. The average molecular weight is 443 g/mol. The van der Waals surface area contributed by atoms with Gasteiger partial charge in [0, 0.05) is 17.6 Å². The van der Waals surface area contributed by atoms with Gasteiger partial charge in [-0.05, 0) is 40.5 Å². The van der Waals surface area contributed by atoms with E-state index in [1.54, 1.807) is 17.9 Å². The van der Waals surface area contributed by atoms with Crippen LogP contribution in [0.25, 0.3) is 0 Å². The van der Waals surface area contributed by atoms with Crippen LogP contribution in [0.3, 0.4) is 0 Å². The summed E-state index contributed by atoms with van der Waals surface area (Å²) in [5.41, 5.74) is -1.60. The van der Waals surface area contributed by atoms with Gasteiger partial charge in [0.05, 0.1) is 17.9 Å². The van der Waals surface area contributed by atoms with Crippen molar-refractivity contribution in [3.8, 4) is 0 Å². The summed E-state index contributed by atoms with van der Waals surface area (Å²) in [7, 11) is 0. The number of rotatable bonds is 4. The molecule has 1 aromatic rings. The lowest BCUT2D eigenvalue weighted by Gasteiger charge is -2.37. The van der Waals surface area contributed by atoms with Crippen LogP contribution in [0.15, 0.2) is 22.7 Å². The summed E-state index contributed by atoms with van der Waals surface area (Å²) in [6.07, 6.45) is 6.85. The second-order valence-electron chi connectivity index (χ2n) is 10.4. The van der Waals surface area contributed by atoms with Crippen LogP contribution in [0.1, 0.15) is 52.2 Å². The molecule has 1 saturated carbocycles. The molecule has 3 fully saturated rings. The van der Waals surface area contributed by atoms with Gasteiger partial charge in [0.15, 0.2) is 5.82 Å². The zero-order valence-corrected chi connectivity index (χ0v) is 18.9. The molecule has 2 saturated heterocycles. The maximum absolute atomic E-state index is 13.8. The van der Waals surface area contributed by atoms with Gasteiger partial charge in [-0.25, -0.2) is 0 Å². The summed E-state index contributed by atoms with van der Waals surface area (Å²) in [5, 5.41) is 9.63. The predicted octanol–water partition coefficient (Wildman–Crippen LogP) is 1.93. The van der Waals surface area contributed by atoms with Gasteiger partial charge in [-0.1, -0.05) is 30.2 Å². The Morgan fingerprint density at radius 3 is 2.56 bits per heavy atom. The summed E-state index contributed by atoms with van der Waals surface area (Å²) in [5.74, 6) is -1.37. The molecule has 9 nitrogen and oxygen atoms in total. The maximum atomic E-state index is 13.8. The van der Waals surface area contributed by atoms with Crippen LogP contribution in [0, 0.1) is 18.8 Å². The van der Waals surface area contributed by atoms with Gasteiger partial charge < -0.3 is 24.8 Å². The standard InChI is InChI=1S/C23H30N4O5/c1-12-11-15(26-32-12)24-19(28)16-14-9-10-23(31-14)17(16)21(30)27(13-7-5-6-8-13)18(23)20(29)25-22(2,3)4/h9-11,13-14,16-18H,5-8H2,1-4H3,(H,25,29)(H,24,26,28)/t14-,16+,17+,18-,23+/m1/s1. The van der Waals surface area contributed by atoms with Gasteiger partial charge in [0.25, 0.3) is 0 Å². The van der Waals surface area contributed by atoms with Crippen molar-refractivity contribution in [1.82, 2.24) is 15.4 Å². The Kier molecular flexibility index (Phi) is 4.74. The molecule has 3 amide bonds. The molecule has 2 bridgehead atoms. The fourth-order valence-corrected chi connectivity index (χ4v) is 5.86. The van der Waals surface area contributed by atoms with Crippen LogP contribution in [0.4, 0.5) is 5.82 Å². The Labute approximate surface area is 186 Å². The lowest BCUT2D eigenvalue weighted by atomic mass is 9.74. The fourth-order valence-electron chi connectivity index (χ4n) is 5.86. The largest absolute Gasteiger partial charge is 0.360 e. The Bertz CT molecular complexity index is 989. The zero-order chi connectivity index (χ0) is 22.8. The molecule has 4 heterocycles. The number of aromatic nitrogens is 1. The molecule has 2 N–H and O–H groups in total. The smallest absolute Gasteiger partial charge is 0.246 e. The van der Waals surface area contributed by atoms with E-state index in [9.17, 15) is 14.4 Å². The number of ether oxygens (including phenoxy) is 1. The van der Waals surface area contributed by atoms with Crippen molar-refractivity contribution in [2.75, 3.05) is 5.32 Å². The summed E-state index contributed by atoms with van der Waals surface area (Å²) < 4.78 is 11.4. The van der Waals surface area contributed by atoms with Gasteiger partial charge >= 0.3 is 0 Å². The number of nitrogens with zero attached hydrogens (tertiary/aromatic N) is 2. The molecule has 1 aliphatic carbocycles. The van der Waals surface area contributed by atoms with Crippen molar-refractivity contribution >= 4 is 23.5 Å². The Morgan fingerprint density at radius 2 is 1.94 bits per heavy atom. The number of nitrogens with one attached hydrogen (secondary N) is 2. The second-order valence-corrected chi connectivity index (χ2v) is 10.4. The number of carbonyl (C=O) groups excluding carboxylic acids is 3. The van der Waals surface area contributed by atoms with E-state index in [0.717, 1.165) is 25.7 Å². The van der Waals surface area contributed by atoms with E-state index >= 15 is 0 Å². The van der Waals surface area contributed by atoms with Gasteiger partial charge in [-0.2, -0.15) is 0 Å². The minimum atomic E-state index is -1.14. The Morgan fingerprint density at radius 1 is 1.22 bits per heavy atom. The predicted molar refractivity (Wildman–Crippen MR) is 114 cm³/mol. The zero-order valence-electron chi connectivity index (χ0n) is 18.9. The molecule has 0 radical (unpaired) electrons. The number of fused-ring (bicyclic) bond motifs is 1. The van der Waals surface area contributed by atoms with E-state index in [-0.39, 0.29) is 23.8 Å². The number of hydrogen-bond donors (Lipinski definition) is 2. The third-order valence-corrected chi connectivity index (χ3v) is 6.96. The maximum Gasteiger partial charge on any atom is 0.246 e. The molecule has 3 aliphatic heterocycles. The van der Waals surface area contributed by atoms with Gasteiger partial charge in [-0.15, -0.1) is 0 Å². The van der Waals surface area contributed by atoms with E-state index < -0.39 is 35.1 Å². The highest BCUT2D eigenvalue weighted by Gasteiger charge is 2.73. The average Bonchev–Trinajstić information content (AvgIpc) is 3.48. The molecule has 5 rings (SSSR count). The summed E-state index contributed by atoms with van der Waals surface area (Å²) in [4.78, 5) is 42.3. The quantitative estimate of drug-likeness (QED) is 0.689. The van der Waals surface area contributed by atoms with Crippen molar-refractivity contribution in [2.45, 2.75) is 82.7 Å². The molecular weight excluding hydrogens is 412 g/mol. The molecule has 5 atom stereocenters. The van der Waals surface area contributed by atoms with Crippen LogP contribution in [-0.4, -0.2) is 57.1 Å². The van der Waals surface area contributed by atoms with Crippen LogP contribution in [0.2, 0.25) is 0 Å². The first kappa shape index (κ1) is 21.2. The number of likely N-dealkylation sites (tertiary alicyclic amines) is 1. The van der Waals surface area contributed by atoms with Crippen LogP contribution in [0.5, 0.6) is 0 Å². The Balaban J connectivity index is 1.50. The minimum absolute atomic E-state index is 0.0175. The first-order valence-corrected chi connectivity index (χ1v) is 11.4. The summed E-state index contributed by atoms with van der Waals surface area (Å²) in [6, 6.07) is 0.810. The van der Waals surface area contributed by atoms with Crippen molar-refractivity contribution in [3.63, 3.8) is 0 Å². The molecule has 4 aliphatic rings. The molecule has 1 aromatic heterocycles. The minimum Gasteiger partial charge on any atom is -0.360 e. The highest BCUT2D eigenvalue weighted by atomic mass is 16.5. The van der Waals surface area contributed by atoms with E-state index in [2.05, 4.69) is 15.8 Å². The third kappa shape index (κ3) is 3.17. The first-order chi connectivity index (χ1) is 15.1. The first-order valence-electron chi connectivity index (χ1n) is 11.4. The molecule has 0 unspecified atom stereocenters. The van der Waals surface area contributed by atoms with Crippen LogP contribution < -0.4 is 10.6 Å². The molecular formula is C23H30N4O5. The highest BCUT2D eigenvalue weighted by Crippen LogP contribution is 2.56. The number of amides is 3. The van der Waals surface area contributed by atoms with Gasteiger partial charge in [0.2, 0.25) is 17.7 Å². The van der Waals surface area contributed by atoms with E-state index in [0.29, 0.717) is 11.6 Å². The van der Waals surface area contributed by atoms with Gasteiger partial charge in [-0.3, -0.25) is 14.4 Å². The number of aryl methyl sites for hydroxylation is 1. The SMILES string of the molecule is Cc1cc(NC(=O)[C@@H]2[C@H]3C(=O)N(C4CCCC4)[C@H](C(=O)NC(C)(C)C)[C@]34C=C[C@H]2O4)no1. The number of hydrogen-bond acceptors (Lipinski definition) is 6. The van der Waals surface area contributed by atoms with Crippen molar-refractivity contribution in [2.24, 2.45) is 11.8 Å². The molecule has 9 heteroatoms. The number of anilines is 1. The van der Waals surface area contributed by atoms with Crippen LogP contribution >= 0.6 is 0 Å². The van der Waals surface area contributed by atoms with Crippen LogP contribution in [-0.2, 0) is 19.1 Å². The monoisotopic (exact) mass is 442 g/mol. The van der Waals surface area contributed by atoms with E-state index in [4.69, 9.17) is 9.26 Å². The normalized spacial score (nSPS) is 33.8. The second kappa shape index (κ2) is 7.16. The van der Waals surface area contributed by atoms with E-state index in [1.807, 2.05) is 32.9 Å². The highest BCUT2D eigenvalue weighted by molar-refractivity contribution is 6.02. The fraction of sp³-hybridized carbons (Fsp3) is 0.652. The van der Waals surface area contributed by atoms with Crippen molar-refractivity contribution in [1.29, 1.82) is 0 Å². The van der Waals surface area contributed by atoms with Crippen molar-refractivity contribution in [3.05, 3.63) is 24.0 Å². The molecule has 1 spiro atoms. The topological polar surface area (TPSA) is 114 Å². The summed E-state index contributed by atoms with van der Waals surface area (Å²) in [6.45, 7) is 7.47. The lowest BCUT2D eigenvalue weighted by molar-refractivity contribution is -0.144. The summed E-state index contributed by atoms with van der Waals surface area (Å²) >= 11 is 0. The lowest BCUT2D eigenvalue weighted by Crippen LogP contribution is -2.59. The number of carbonyl (C=O) groups is 3. The van der Waals surface area contributed by atoms with Crippen molar-refractivity contribution < 1.29 is 23.6 Å². The third-order valence-electron chi connectivity index (χ3n) is 6.96. The Hall–Kier alpha value is -2.68. The van der Waals surface area contributed by atoms with E-state index in [1.165, 1.54) is 0 Å².